The predicted molar refractivity (Wildman–Crippen MR) is 53.4 cm³/mol. The molecule has 0 fully saturated rings. The second-order valence-corrected chi connectivity index (χ2v) is 2.82. The fraction of sp³-hybridized carbons (Fsp3) is 0. The molecule has 0 spiro atoms. The highest BCUT2D eigenvalue weighted by atomic mass is 16.4. The lowest BCUT2D eigenvalue weighted by Crippen LogP contribution is -1.99. The maximum atomic E-state index is 10.6. The van der Waals surface area contributed by atoms with Crippen LogP contribution in [0.15, 0.2) is 41.2 Å². The second-order valence-electron chi connectivity index (χ2n) is 2.82. The van der Waals surface area contributed by atoms with Crippen LogP contribution in [0.4, 0.5) is 5.69 Å². The highest BCUT2D eigenvalue weighted by molar-refractivity contribution is 5.95. The Labute approximate surface area is 80.6 Å². The van der Waals surface area contributed by atoms with Crippen LogP contribution in [0.2, 0.25) is 0 Å². The van der Waals surface area contributed by atoms with Gasteiger partial charge < -0.3 is 10.4 Å². The first kappa shape index (κ1) is 8.50. The van der Waals surface area contributed by atoms with E-state index in [4.69, 9.17) is 5.11 Å². The van der Waals surface area contributed by atoms with Crippen molar-refractivity contribution in [2.75, 3.05) is 5.32 Å². The largest absolute Gasteiger partial charge is 0.476 e. The van der Waals surface area contributed by atoms with Crippen molar-refractivity contribution in [1.82, 2.24) is 0 Å². The molecule has 1 heterocycles. The number of hydrogen-bond donors (Lipinski definition) is 2. The minimum Gasteiger partial charge on any atom is -0.476 e. The standard InChI is InChI=1S/C10H8N2O2/c13-10(14)9-6-12-8-4-2-1-3-7(8)5-11-9/h1-6,12H,(H,13,14). The van der Waals surface area contributed by atoms with Crippen molar-refractivity contribution in [3.8, 4) is 0 Å². The molecule has 4 nitrogen and oxygen atoms in total. The number of rotatable bonds is 1. The van der Waals surface area contributed by atoms with Gasteiger partial charge in [-0.15, -0.1) is 0 Å². The number of hydrogen-bond acceptors (Lipinski definition) is 3. The van der Waals surface area contributed by atoms with Gasteiger partial charge in [0, 0.05) is 23.7 Å². The summed E-state index contributed by atoms with van der Waals surface area (Å²) in [4.78, 5) is 14.5. The summed E-state index contributed by atoms with van der Waals surface area (Å²) in [5.41, 5.74) is 1.73. The summed E-state index contributed by atoms with van der Waals surface area (Å²) >= 11 is 0. The molecule has 70 valence electrons. The van der Waals surface area contributed by atoms with Gasteiger partial charge in [-0.2, -0.15) is 0 Å². The Balaban J connectivity index is 2.41. The summed E-state index contributed by atoms with van der Waals surface area (Å²) in [5.74, 6) is -1.04. The van der Waals surface area contributed by atoms with Gasteiger partial charge in [0.15, 0.2) is 5.70 Å². The third kappa shape index (κ3) is 1.50. The zero-order valence-electron chi connectivity index (χ0n) is 7.27. The Bertz CT molecular complexity index is 436. The van der Waals surface area contributed by atoms with Gasteiger partial charge in [0.25, 0.3) is 0 Å². The molecule has 2 rings (SSSR count). The number of nitrogens with one attached hydrogen (secondary N) is 1. The zero-order valence-corrected chi connectivity index (χ0v) is 7.27. The van der Waals surface area contributed by atoms with Crippen molar-refractivity contribution in [2.24, 2.45) is 4.99 Å². The van der Waals surface area contributed by atoms with Crippen molar-refractivity contribution in [2.45, 2.75) is 0 Å². The van der Waals surface area contributed by atoms with Gasteiger partial charge >= 0.3 is 5.97 Å². The predicted octanol–water partition coefficient (Wildman–Crippen LogP) is 1.46. The summed E-state index contributed by atoms with van der Waals surface area (Å²) < 4.78 is 0. The summed E-state index contributed by atoms with van der Waals surface area (Å²) in [7, 11) is 0. The van der Waals surface area contributed by atoms with Crippen LogP contribution < -0.4 is 5.32 Å². The zero-order chi connectivity index (χ0) is 9.97. The van der Waals surface area contributed by atoms with E-state index < -0.39 is 5.97 Å². The number of para-hydroxylation sites is 1. The van der Waals surface area contributed by atoms with Crippen molar-refractivity contribution >= 4 is 17.9 Å². The van der Waals surface area contributed by atoms with Gasteiger partial charge in [0.1, 0.15) is 0 Å². The normalized spacial score (nSPS) is 13.6. The number of carboxylic acid groups (broad SMARTS) is 1. The van der Waals surface area contributed by atoms with E-state index in [0.29, 0.717) is 0 Å². The fourth-order valence-corrected chi connectivity index (χ4v) is 1.18. The van der Waals surface area contributed by atoms with Crippen LogP contribution in [-0.2, 0) is 4.79 Å². The SMILES string of the molecule is O=C(O)C1=CNc2ccccc2C=N1. The Hall–Kier alpha value is -2.10. The molecule has 0 saturated carbocycles. The average molecular weight is 188 g/mol. The summed E-state index contributed by atoms with van der Waals surface area (Å²) in [6.45, 7) is 0. The van der Waals surface area contributed by atoms with Crippen LogP contribution in [0.3, 0.4) is 0 Å². The lowest BCUT2D eigenvalue weighted by atomic mass is 10.2. The van der Waals surface area contributed by atoms with E-state index >= 15 is 0 Å². The maximum Gasteiger partial charge on any atom is 0.356 e. The molecule has 0 radical (unpaired) electrons. The van der Waals surface area contributed by atoms with E-state index in [9.17, 15) is 4.79 Å². The molecular formula is C10H8N2O2. The number of aliphatic carboxylic acids is 1. The molecule has 0 atom stereocenters. The van der Waals surface area contributed by atoms with Crippen molar-refractivity contribution in [3.05, 3.63) is 41.7 Å². The first-order chi connectivity index (χ1) is 6.77. The molecule has 0 aliphatic carbocycles. The van der Waals surface area contributed by atoms with E-state index in [1.54, 1.807) is 0 Å². The van der Waals surface area contributed by atoms with Crippen molar-refractivity contribution < 1.29 is 9.90 Å². The van der Waals surface area contributed by atoms with Gasteiger partial charge in [-0.05, 0) is 6.07 Å². The molecule has 1 aliphatic rings. The van der Waals surface area contributed by atoms with Crippen LogP contribution >= 0.6 is 0 Å². The highest BCUT2D eigenvalue weighted by Gasteiger charge is 2.08. The Kier molecular flexibility index (Phi) is 2.02. The number of anilines is 1. The molecule has 4 heteroatoms. The molecular weight excluding hydrogens is 180 g/mol. The van der Waals surface area contributed by atoms with Crippen LogP contribution in [-0.4, -0.2) is 17.3 Å². The first-order valence-electron chi connectivity index (χ1n) is 4.10. The minimum absolute atomic E-state index is 0.00111. The molecule has 0 saturated heterocycles. The number of fused-ring (bicyclic) bond motifs is 1. The molecule has 0 bridgehead atoms. The molecule has 1 aliphatic heterocycles. The lowest BCUT2D eigenvalue weighted by Gasteiger charge is -2.01. The summed E-state index contributed by atoms with van der Waals surface area (Å²) in [6.07, 6.45) is 2.92. The van der Waals surface area contributed by atoms with Gasteiger partial charge in [0.2, 0.25) is 0 Å². The number of carbonyl (C=O) groups is 1. The maximum absolute atomic E-state index is 10.6. The molecule has 0 amide bonds. The topological polar surface area (TPSA) is 61.7 Å². The van der Waals surface area contributed by atoms with E-state index in [0.717, 1.165) is 11.3 Å². The third-order valence-electron chi connectivity index (χ3n) is 1.89. The van der Waals surface area contributed by atoms with E-state index in [2.05, 4.69) is 10.3 Å². The number of carboxylic acids is 1. The molecule has 0 unspecified atom stereocenters. The Morgan fingerprint density at radius 3 is 2.93 bits per heavy atom. The Morgan fingerprint density at radius 2 is 2.14 bits per heavy atom. The highest BCUT2D eigenvalue weighted by Crippen LogP contribution is 2.16. The van der Waals surface area contributed by atoms with E-state index in [-0.39, 0.29) is 5.70 Å². The number of nitrogens with zero attached hydrogens (tertiary/aromatic N) is 1. The molecule has 1 aromatic rings. The fourth-order valence-electron chi connectivity index (χ4n) is 1.18. The van der Waals surface area contributed by atoms with Gasteiger partial charge in [-0.1, -0.05) is 18.2 Å². The van der Waals surface area contributed by atoms with Crippen LogP contribution in [0.1, 0.15) is 5.56 Å². The quantitative estimate of drug-likeness (QED) is 0.701. The monoisotopic (exact) mass is 188 g/mol. The lowest BCUT2D eigenvalue weighted by molar-refractivity contribution is -0.132. The van der Waals surface area contributed by atoms with Crippen molar-refractivity contribution in [1.29, 1.82) is 0 Å². The first-order valence-corrected chi connectivity index (χ1v) is 4.10. The van der Waals surface area contributed by atoms with E-state index in [1.807, 2.05) is 24.3 Å². The second kappa shape index (κ2) is 3.33. The van der Waals surface area contributed by atoms with Crippen LogP contribution in [0.5, 0.6) is 0 Å². The smallest absolute Gasteiger partial charge is 0.356 e. The third-order valence-corrected chi connectivity index (χ3v) is 1.89. The molecule has 1 aromatic carbocycles. The number of aliphatic imine (C=N–C) groups is 1. The molecule has 14 heavy (non-hydrogen) atoms. The van der Waals surface area contributed by atoms with Crippen molar-refractivity contribution in [3.63, 3.8) is 0 Å². The van der Waals surface area contributed by atoms with Gasteiger partial charge in [-0.25, -0.2) is 9.79 Å². The minimum atomic E-state index is -1.04. The number of benzene rings is 1. The van der Waals surface area contributed by atoms with Gasteiger partial charge in [0.05, 0.1) is 0 Å². The Morgan fingerprint density at radius 1 is 1.36 bits per heavy atom. The summed E-state index contributed by atoms with van der Waals surface area (Å²) in [6, 6.07) is 7.48. The van der Waals surface area contributed by atoms with Crippen LogP contribution in [0, 0.1) is 0 Å². The van der Waals surface area contributed by atoms with Crippen LogP contribution in [0.25, 0.3) is 0 Å². The molecule has 2 N–H and O–H groups in total. The summed E-state index contributed by atoms with van der Waals surface area (Å²) in [5, 5.41) is 11.6. The molecule has 0 aromatic heterocycles. The van der Waals surface area contributed by atoms with E-state index in [1.165, 1.54) is 12.4 Å². The van der Waals surface area contributed by atoms with Gasteiger partial charge in [-0.3, -0.25) is 0 Å². The average Bonchev–Trinajstić information content (AvgIpc) is 2.39.